The molecule has 0 aromatic heterocycles. The number of nitrogens with one attached hydrogen (secondary N) is 1. The third kappa shape index (κ3) is 3.54. The van der Waals surface area contributed by atoms with Crippen LogP contribution < -0.4 is 5.32 Å². The number of rotatable bonds is 3. The summed E-state index contributed by atoms with van der Waals surface area (Å²) in [6, 6.07) is 6.89. The molecule has 2 fully saturated rings. The predicted octanol–water partition coefficient (Wildman–Crippen LogP) is 3.03. The zero-order valence-corrected chi connectivity index (χ0v) is 14.0. The Morgan fingerprint density at radius 2 is 1.95 bits per heavy atom. The highest BCUT2D eigenvalue weighted by molar-refractivity contribution is 6.35. The van der Waals surface area contributed by atoms with E-state index in [1.54, 1.807) is 0 Å². The van der Waals surface area contributed by atoms with Gasteiger partial charge in [-0.1, -0.05) is 29.3 Å². The quantitative estimate of drug-likeness (QED) is 0.920. The number of likely N-dealkylation sites (tertiary alicyclic amines) is 1. The van der Waals surface area contributed by atoms with Crippen LogP contribution in [0, 0.1) is 0 Å². The monoisotopic (exact) mass is 327 g/mol. The molecule has 0 radical (unpaired) electrons. The van der Waals surface area contributed by atoms with Crippen molar-refractivity contribution >= 4 is 23.2 Å². The molecule has 5 heteroatoms. The molecule has 2 unspecified atom stereocenters. The van der Waals surface area contributed by atoms with Gasteiger partial charge in [0, 0.05) is 61.4 Å². The summed E-state index contributed by atoms with van der Waals surface area (Å²) >= 11 is 12.4. The second-order valence-electron chi connectivity index (χ2n) is 6.07. The summed E-state index contributed by atoms with van der Waals surface area (Å²) in [6.07, 6.45) is 1.26. The minimum absolute atomic E-state index is 0.350. The van der Waals surface area contributed by atoms with Crippen LogP contribution in [0.25, 0.3) is 0 Å². The molecule has 2 aliphatic rings. The molecule has 1 aromatic rings. The van der Waals surface area contributed by atoms with Gasteiger partial charge in [-0.3, -0.25) is 9.80 Å². The maximum atomic E-state index is 6.36. The van der Waals surface area contributed by atoms with E-state index in [-0.39, 0.29) is 0 Å². The lowest BCUT2D eigenvalue weighted by Gasteiger charge is -2.33. The summed E-state index contributed by atoms with van der Waals surface area (Å²) in [6.45, 7) is 9.12. The van der Waals surface area contributed by atoms with Gasteiger partial charge in [0.15, 0.2) is 0 Å². The van der Waals surface area contributed by atoms with Gasteiger partial charge in [-0.15, -0.1) is 0 Å². The Kier molecular flexibility index (Phi) is 5.07. The molecule has 0 bridgehead atoms. The van der Waals surface area contributed by atoms with Crippen molar-refractivity contribution in [3.05, 3.63) is 33.8 Å². The minimum Gasteiger partial charge on any atom is -0.314 e. The van der Waals surface area contributed by atoms with Gasteiger partial charge >= 0.3 is 0 Å². The molecule has 3 rings (SSSR count). The SMILES string of the molecule is CC(c1ccc(Cl)cc1Cl)N1CCC(N2CCNCC2)C1. The minimum atomic E-state index is 0.350. The number of nitrogens with zero attached hydrogens (tertiary/aromatic N) is 2. The largest absolute Gasteiger partial charge is 0.314 e. The van der Waals surface area contributed by atoms with Crippen LogP contribution in [0.5, 0.6) is 0 Å². The summed E-state index contributed by atoms with van der Waals surface area (Å²) in [7, 11) is 0. The van der Waals surface area contributed by atoms with E-state index in [0.29, 0.717) is 17.1 Å². The molecule has 2 atom stereocenters. The van der Waals surface area contributed by atoms with Crippen molar-refractivity contribution in [2.75, 3.05) is 39.3 Å². The Labute approximate surface area is 137 Å². The Morgan fingerprint density at radius 1 is 1.19 bits per heavy atom. The lowest BCUT2D eigenvalue weighted by atomic mass is 10.1. The average Bonchev–Trinajstić information content (AvgIpc) is 2.97. The van der Waals surface area contributed by atoms with E-state index in [4.69, 9.17) is 23.2 Å². The molecule has 1 aromatic carbocycles. The molecular weight excluding hydrogens is 305 g/mol. The highest BCUT2D eigenvalue weighted by Gasteiger charge is 2.31. The van der Waals surface area contributed by atoms with Crippen molar-refractivity contribution in [1.82, 2.24) is 15.1 Å². The maximum absolute atomic E-state index is 6.36. The normalized spacial score (nSPS) is 26.1. The van der Waals surface area contributed by atoms with Crippen molar-refractivity contribution in [3.63, 3.8) is 0 Å². The van der Waals surface area contributed by atoms with E-state index in [2.05, 4.69) is 28.1 Å². The zero-order valence-electron chi connectivity index (χ0n) is 12.5. The summed E-state index contributed by atoms with van der Waals surface area (Å²) < 4.78 is 0. The molecule has 0 amide bonds. The molecular formula is C16H23Cl2N3. The molecule has 1 N–H and O–H groups in total. The molecule has 2 heterocycles. The molecule has 116 valence electrons. The van der Waals surface area contributed by atoms with Gasteiger partial charge in [-0.25, -0.2) is 0 Å². The fraction of sp³-hybridized carbons (Fsp3) is 0.625. The number of benzene rings is 1. The first-order valence-corrected chi connectivity index (χ1v) is 8.54. The summed E-state index contributed by atoms with van der Waals surface area (Å²) in [5, 5.41) is 4.91. The van der Waals surface area contributed by atoms with Crippen LogP contribution in [0.2, 0.25) is 10.0 Å². The van der Waals surface area contributed by atoms with E-state index >= 15 is 0 Å². The van der Waals surface area contributed by atoms with Crippen LogP contribution in [0.4, 0.5) is 0 Å². The average molecular weight is 328 g/mol. The number of hydrogen-bond donors (Lipinski definition) is 1. The van der Waals surface area contributed by atoms with Crippen LogP contribution in [0.1, 0.15) is 24.9 Å². The van der Waals surface area contributed by atoms with E-state index in [1.807, 2.05) is 12.1 Å². The number of hydrogen-bond acceptors (Lipinski definition) is 3. The Balaban J connectivity index is 1.64. The van der Waals surface area contributed by atoms with Crippen LogP contribution in [-0.4, -0.2) is 55.1 Å². The first-order chi connectivity index (χ1) is 10.1. The first-order valence-electron chi connectivity index (χ1n) is 7.79. The smallest absolute Gasteiger partial charge is 0.0468 e. The molecule has 2 aliphatic heterocycles. The van der Waals surface area contributed by atoms with E-state index in [1.165, 1.54) is 25.1 Å². The Bertz CT molecular complexity index is 488. The fourth-order valence-corrected chi connectivity index (χ4v) is 4.07. The maximum Gasteiger partial charge on any atom is 0.0468 e. The van der Waals surface area contributed by atoms with E-state index < -0.39 is 0 Å². The van der Waals surface area contributed by atoms with E-state index in [0.717, 1.165) is 31.2 Å². The van der Waals surface area contributed by atoms with Gasteiger partial charge in [-0.2, -0.15) is 0 Å². The van der Waals surface area contributed by atoms with Crippen LogP contribution in [0.15, 0.2) is 18.2 Å². The van der Waals surface area contributed by atoms with Gasteiger partial charge in [0.05, 0.1) is 0 Å². The number of halogens is 2. The Morgan fingerprint density at radius 3 is 2.67 bits per heavy atom. The number of piperazine rings is 1. The Hall–Kier alpha value is -0.320. The van der Waals surface area contributed by atoms with Gasteiger partial charge in [0.2, 0.25) is 0 Å². The van der Waals surface area contributed by atoms with Crippen molar-refractivity contribution < 1.29 is 0 Å². The second kappa shape index (κ2) is 6.84. The van der Waals surface area contributed by atoms with Crippen LogP contribution in [0.3, 0.4) is 0 Å². The lowest BCUT2D eigenvalue weighted by molar-refractivity contribution is 0.162. The van der Waals surface area contributed by atoms with Crippen molar-refractivity contribution in [2.45, 2.75) is 25.4 Å². The topological polar surface area (TPSA) is 18.5 Å². The molecule has 0 spiro atoms. The van der Waals surface area contributed by atoms with Gasteiger partial charge in [-0.05, 0) is 31.0 Å². The molecule has 0 aliphatic carbocycles. The van der Waals surface area contributed by atoms with Gasteiger partial charge in [0.1, 0.15) is 0 Å². The zero-order chi connectivity index (χ0) is 14.8. The third-order valence-electron chi connectivity index (χ3n) is 4.82. The first kappa shape index (κ1) is 15.6. The standard InChI is InChI=1S/C16H23Cl2N3/c1-12(15-3-2-13(17)10-16(15)18)21-7-4-14(11-21)20-8-5-19-6-9-20/h2-3,10,12,14,19H,4-9,11H2,1H3. The molecule has 3 nitrogen and oxygen atoms in total. The summed E-state index contributed by atoms with van der Waals surface area (Å²) in [5.41, 5.74) is 1.18. The third-order valence-corrected chi connectivity index (χ3v) is 5.39. The fourth-order valence-electron chi connectivity index (χ4n) is 3.50. The van der Waals surface area contributed by atoms with Gasteiger partial charge in [0.25, 0.3) is 0 Å². The molecule has 2 saturated heterocycles. The van der Waals surface area contributed by atoms with Crippen molar-refractivity contribution in [1.29, 1.82) is 0 Å². The van der Waals surface area contributed by atoms with Crippen LogP contribution >= 0.6 is 23.2 Å². The van der Waals surface area contributed by atoms with Crippen LogP contribution in [-0.2, 0) is 0 Å². The predicted molar refractivity (Wildman–Crippen MR) is 89.3 cm³/mol. The highest BCUT2D eigenvalue weighted by Crippen LogP contribution is 2.32. The van der Waals surface area contributed by atoms with Gasteiger partial charge < -0.3 is 5.32 Å². The second-order valence-corrected chi connectivity index (χ2v) is 6.91. The lowest BCUT2D eigenvalue weighted by Crippen LogP contribution is -2.49. The molecule has 21 heavy (non-hydrogen) atoms. The van der Waals surface area contributed by atoms with E-state index in [9.17, 15) is 0 Å². The van der Waals surface area contributed by atoms with Crippen molar-refractivity contribution in [2.24, 2.45) is 0 Å². The molecule has 0 saturated carbocycles. The highest BCUT2D eigenvalue weighted by atomic mass is 35.5. The summed E-state index contributed by atoms with van der Waals surface area (Å²) in [5.74, 6) is 0. The van der Waals surface area contributed by atoms with Crippen molar-refractivity contribution in [3.8, 4) is 0 Å². The summed E-state index contributed by atoms with van der Waals surface area (Å²) in [4.78, 5) is 5.18.